The van der Waals surface area contributed by atoms with Crippen LogP contribution in [0.4, 0.5) is 10.7 Å². The van der Waals surface area contributed by atoms with Gasteiger partial charge in [-0.3, -0.25) is 9.59 Å². The summed E-state index contributed by atoms with van der Waals surface area (Å²) in [4.78, 5) is 26.6. The quantitative estimate of drug-likeness (QED) is 0.678. The monoisotopic (exact) mass is 414 g/mol. The van der Waals surface area contributed by atoms with E-state index in [0.29, 0.717) is 34.3 Å². The lowest BCUT2D eigenvalue weighted by atomic mass is 9.72. The van der Waals surface area contributed by atoms with E-state index in [-0.39, 0.29) is 17.2 Å². The molecule has 6 heteroatoms. The number of rotatable bonds is 5. The number of carbonyl (C=O) groups is 2. The van der Waals surface area contributed by atoms with Crippen LogP contribution in [-0.4, -0.2) is 18.9 Å². The summed E-state index contributed by atoms with van der Waals surface area (Å²) in [6, 6.07) is 7.34. The van der Waals surface area contributed by atoms with Crippen molar-refractivity contribution in [3.8, 4) is 5.75 Å². The van der Waals surface area contributed by atoms with Gasteiger partial charge in [-0.2, -0.15) is 0 Å². The molecule has 0 bridgehead atoms. The molecule has 0 saturated carbocycles. The largest absolute Gasteiger partial charge is 0.495 e. The fourth-order valence-corrected chi connectivity index (χ4v) is 5.14. The van der Waals surface area contributed by atoms with Gasteiger partial charge in [0.2, 0.25) is 5.91 Å². The van der Waals surface area contributed by atoms with E-state index in [1.807, 2.05) is 31.2 Å². The number of ether oxygens (including phenoxy) is 1. The van der Waals surface area contributed by atoms with Crippen LogP contribution in [0.5, 0.6) is 5.75 Å². The van der Waals surface area contributed by atoms with Crippen LogP contribution in [0.1, 0.15) is 61.3 Å². The molecule has 2 N–H and O–H groups in total. The van der Waals surface area contributed by atoms with Gasteiger partial charge in [-0.05, 0) is 48.3 Å². The van der Waals surface area contributed by atoms with Crippen molar-refractivity contribution in [1.82, 2.24) is 0 Å². The van der Waals surface area contributed by atoms with Gasteiger partial charge in [0.15, 0.2) is 0 Å². The molecule has 2 aromatic rings. The predicted molar refractivity (Wildman–Crippen MR) is 119 cm³/mol. The molecule has 1 heterocycles. The summed E-state index contributed by atoms with van der Waals surface area (Å²) in [6.45, 7) is 8.62. The van der Waals surface area contributed by atoms with E-state index in [0.717, 1.165) is 24.8 Å². The maximum absolute atomic E-state index is 13.3. The number of benzene rings is 1. The van der Waals surface area contributed by atoms with Crippen molar-refractivity contribution >= 4 is 33.8 Å². The summed E-state index contributed by atoms with van der Waals surface area (Å²) in [5.74, 6) is 0.889. The van der Waals surface area contributed by atoms with Crippen molar-refractivity contribution in [2.45, 2.75) is 53.4 Å². The van der Waals surface area contributed by atoms with Crippen molar-refractivity contribution in [1.29, 1.82) is 0 Å². The molecule has 1 aliphatic carbocycles. The van der Waals surface area contributed by atoms with Gasteiger partial charge < -0.3 is 15.4 Å². The second-order valence-corrected chi connectivity index (χ2v) is 9.67. The lowest BCUT2D eigenvalue weighted by Gasteiger charge is -2.33. The molecule has 1 atom stereocenters. The van der Waals surface area contributed by atoms with E-state index in [9.17, 15) is 9.59 Å². The summed E-state index contributed by atoms with van der Waals surface area (Å²) in [5, 5.41) is 6.59. The summed E-state index contributed by atoms with van der Waals surface area (Å²) in [6.07, 6.45) is 3.22. The van der Waals surface area contributed by atoms with Crippen molar-refractivity contribution < 1.29 is 14.3 Å². The number of fused-ring (bicyclic) bond motifs is 1. The predicted octanol–water partition coefficient (Wildman–Crippen LogP) is 5.51. The van der Waals surface area contributed by atoms with Gasteiger partial charge >= 0.3 is 0 Å². The first kappa shape index (κ1) is 21.4. The van der Waals surface area contributed by atoms with Crippen LogP contribution in [0, 0.1) is 11.3 Å². The first-order valence-electron chi connectivity index (χ1n) is 10.1. The maximum Gasteiger partial charge on any atom is 0.259 e. The van der Waals surface area contributed by atoms with Crippen molar-refractivity contribution in [3.63, 3.8) is 0 Å². The number of hydrogen-bond donors (Lipinski definition) is 2. The Hall–Kier alpha value is -2.34. The Morgan fingerprint density at radius 2 is 1.93 bits per heavy atom. The second kappa shape index (κ2) is 8.57. The molecule has 0 unspecified atom stereocenters. The number of carbonyl (C=O) groups excluding carboxylic acids is 2. The molecule has 0 radical (unpaired) electrons. The lowest BCUT2D eigenvalue weighted by molar-refractivity contribution is -0.115. The number of hydrogen-bond acceptors (Lipinski definition) is 4. The Bertz CT molecular complexity index is 911. The van der Waals surface area contributed by atoms with Gasteiger partial charge in [-0.25, -0.2) is 0 Å². The van der Waals surface area contributed by atoms with Crippen LogP contribution in [0.2, 0.25) is 0 Å². The topological polar surface area (TPSA) is 67.4 Å². The van der Waals surface area contributed by atoms with Crippen molar-refractivity contribution in [2.75, 3.05) is 17.7 Å². The first-order chi connectivity index (χ1) is 13.7. The van der Waals surface area contributed by atoms with Crippen LogP contribution >= 0.6 is 11.3 Å². The van der Waals surface area contributed by atoms with Gasteiger partial charge in [0.1, 0.15) is 10.8 Å². The highest BCUT2D eigenvalue weighted by molar-refractivity contribution is 7.17. The van der Waals surface area contributed by atoms with Crippen LogP contribution in [0.25, 0.3) is 0 Å². The molecule has 3 rings (SSSR count). The van der Waals surface area contributed by atoms with E-state index in [2.05, 4.69) is 31.4 Å². The van der Waals surface area contributed by atoms with E-state index in [1.54, 1.807) is 18.4 Å². The Morgan fingerprint density at radius 1 is 1.21 bits per heavy atom. The highest BCUT2D eigenvalue weighted by atomic mass is 32.1. The highest BCUT2D eigenvalue weighted by Gasteiger charge is 2.34. The molecule has 5 nitrogen and oxygen atoms in total. The van der Waals surface area contributed by atoms with Gasteiger partial charge in [0.25, 0.3) is 5.91 Å². The molecule has 0 aliphatic heterocycles. The first-order valence-corrected chi connectivity index (χ1v) is 10.9. The van der Waals surface area contributed by atoms with Crippen LogP contribution < -0.4 is 15.4 Å². The average molecular weight is 415 g/mol. The molecule has 2 amide bonds. The Balaban J connectivity index is 1.97. The van der Waals surface area contributed by atoms with Gasteiger partial charge in [-0.15, -0.1) is 11.3 Å². The number of anilines is 2. The van der Waals surface area contributed by atoms with Crippen LogP contribution in [0.3, 0.4) is 0 Å². The summed E-state index contributed by atoms with van der Waals surface area (Å²) >= 11 is 1.55. The second-order valence-electron chi connectivity index (χ2n) is 8.57. The van der Waals surface area contributed by atoms with E-state index < -0.39 is 0 Å². The Labute approximate surface area is 176 Å². The fourth-order valence-electron chi connectivity index (χ4n) is 3.80. The average Bonchev–Trinajstić information content (AvgIpc) is 3.04. The minimum Gasteiger partial charge on any atom is -0.495 e. The number of para-hydroxylation sites is 2. The third kappa shape index (κ3) is 4.64. The van der Waals surface area contributed by atoms with Crippen LogP contribution in [-0.2, 0) is 17.6 Å². The molecule has 156 valence electrons. The maximum atomic E-state index is 13.3. The van der Waals surface area contributed by atoms with E-state index in [1.165, 1.54) is 4.88 Å². The molecular formula is C23H30N2O3S. The zero-order valence-electron chi connectivity index (χ0n) is 17.8. The third-order valence-electron chi connectivity index (χ3n) is 5.65. The molecule has 0 fully saturated rings. The smallest absolute Gasteiger partial charge is 0.259 e. The van der Waals surface area contributed by atoms with E-state index in [4.69, 9.17) is 4.74 Å². The zero-order valence-corrected chi connectivity index (χ0v) is 18.7. The Kier molecular flexibility index (Phi) is 6.32. The SMILES string of the molecule is CCC(=O)Nc1sc2c(c1C(=O)Nc1ccccc1OC)CC[C@@H](C(C)(C)C)C2. The number of amides is 2. The van der Waals surface area contributed by atoms with Crippen LogP contribution in [0.15, 0.2) is 24.3 Å². The minimum atomic E-state index is -0.201. The summed E-state index contributed by atoms with van der Waals surface area (Å²) < 4.78 is 5.36. The number of methoxy groups -OCH3 is 1. The third-order valence-corrected chi connectivity index (χ3v) is 6.82. The zero-order chi connectivity index (χ0) is 21.2. The summed E-state index contributed by atoms with van der Waals surface area (Å²) in [5.41, 5.74) is 2.52. The molecule has 1 aromatic heterocycles. The van der Waals surface area contributed by atoms with Gasteiger partial charge in [0, 0.05) is 11.3 Å². The van der Waals surface area contributed by atoms with Crippen molar-refractivity contribution in [3.05, 3.63) is 40.3 Å². The Morgan fingerprint density at radius 3 is 2.59 bits per heavy atom. The molecule has 29 heavy (non-hydrogen) atoms. The molecule has 1 aliphatic rings. The number of nitrogens with one attached hydrogen (secondary N) is 2. The van der Waals surface area contributed by atoms with Crippen molar-refractivity contribution in [2.24, 2.45) is 11.3 Å². The summed E-state index contributed by atoms with van der Waals surface area (Å²) in [7, 11) is 1.58. The molecule has 0 saturated heterocycles. The van der Waals surface area contributed by atoms with Gasteiger partial charge in [0.05, 0.1) is 18.4 Å². The van der Waals surface area contributed by atoms with Gasteiger partial charge in [-0.1, -0.05) is 39.8 Å². The lowest BCUT2D eigenvalue weighted by Crippen LogP contribution is -2.27. The molecule has 0 spiro atoms. The fraction of sp³-hybridized carbons (Fsp3) is 0.478. The number of thiophene rings is 1. The molecular weight excluding hydrogens is 384 g/mol. The highest BCUT2D eigenvalue weighted by Crippen LogP contribution is 2.44. The molecule has 1 aromatic carbocycles. The minimum absolute atomic E-state index is 0.0812. The van der Waals surface area contributed by atoms with E-state index >= 15 is 0 Å². The normalized spacial score (nSPS) is 16.1. The standard InChI is InChI=1S/C23H30N2O3S/c1-6-19(26)25-22-20(21(27)24-16-9-7-8-10-17(16)28-5)15-12-11-14(23(2,3)4)13-18(15)29-22/h7-10,14H,6,11-13H2,1-5H3,(H,24,27)(H,25,26)/t14-/m1/s1.